The molecule has 0 bridgehead atoms. The molecule has 0 fully saturated rings. The minimum Gasteiger partial charge on any atom is -0.455 e. The van der Waals surface area contributed by atoms with Crippen molar-refractivity contribution in [1.82, 2.24) is 0 Å². The highest BCUT2D eigenvalue weighted by Crippen LogP contribution is 2.42. The van der Waals surface area contributed by atoms with E-state index in [9.17, 15) is 5.11 Å². The van der Waals surface area contributed by atoms with Crippen LogP contribution >= 0.6 is 0 Å². The average Bonchev–Trinajstić information content (AvgIpc) is 2.99. The molecule has 1 aliphatic rings. The maximum absolute atomic E-state index is 10.3. The predicted molar refractivity (Wildman–Crippen MR) is 104 cm³/mol. The van der Waals surface area contributed by atoms with Gasteiger partial charge in [-0.2, -0.15) is 5.26 Å². The number of nitrogens with zero attached hydrogens (tertiary/aromatic N) is 2. The van der Waals surface area contributed by atoms with Gasteiger partial charge in [-0.25, -0.2) is 4.99 Å². The number of aliphatic imine (C=N–C) groups is 1. The number of ether oxygens (including phenoxy) is 1. The third kappa shape index (κ3) is 3.48. The molecule has 0 aliphatic carbocycles. The summed E-state index contributed by atoms with van der Waals surface area (Å²) in [5.74, 6) is 0.240. The summed E-state index contributed by atoms with van der Waals surface area (Å²) in [4.78, 5) is 4.36. The molecule has 0 aromatic heterocycles. The first kappa shape index (κ1) is 18.4. The Morgan fingerprint density at radius 3 is 2.07 bits per heavy atom. The van der Waals surface area contributed by atoms with E-state index in [0.717, 1.165) is 11.1 Å². The second-order valence-corrected chi connectivity index (χ2v) is 6.78. The van der Waals surface area contributed by atoms with Gasteiger partial charge in [0.25, 0.3) is 0 Å². The minimum absolute atomic E-state index is 0.195. The highest BCUT2D eigenvalue weighted by atomic mass is 16.5. The Morgan fingerprint density at radius 2 is 1.63 bits per heavy atom. The van der Waals surface area contributed by atoms with Crippen molar-refractivity contribution in [3.63, 3.8) is 0 Å². The average molecular weight is 359 g/mol. The van der Waals surface area contributed by atoms with Crippen molar-refractivity contribution in [3.8, 4) is 6.07 Å². The molecule has 1 aliphatic heterocycles. The van der Waals surface area contributed by atoms with Crippen LogP contribution < -0.4 is 5.73 Å². The zero-order chi connectivity index (χ0) is 19.5. The van der Waals surface area contributed by atoms with Gasteiger partial charge in [0.2, 0.25) is 11.5 Å². The van der Waals surface area contributed by atoms with Gasteiger partial charge in [-0.1, -0.05) is 60.7 Å². The summed E-state index contributed by atoms with van der Waals surface area (Å²) in [6.45, 7) is 3.12. The smallest absolute Gasteiger partial charge is 0.217 e. The van der Waals surface area contributed by atoms with Crippen LogP contribution in [0.25, 0.3) is 0 Å². The number of benzene rings is 2. The van der Waals surface area contributed by atoms with Gasteiger partial charge in [0.1, 0.15) is 5.60 Å². The van der Waals surface area contributed by atoms with E-state index >= 15 is 0 Å². The largest absolute Gasteiger partial charge is 0.455 e. The molecule has 136 valence electrons. The number of nitriles is 1. The molecule has 0 amide bonds. The summed E-state index contributed by atoms with van der Waals surface area (Å²) in [5, 5.41) is 19.3. The highest BCUT2D eigenvalue weighted by Gasteiger charge is 2.44. The van der Waals surface area contributed by atoms with Crippen molar-refractivity contribution < 1.29 is 9.84 Å². The number of rotatable bonds is 4. The van der Waals surface area contributed by atoms with Gasteiger partial charge in [0.05, 0.1) is 17.5 Å². The molecule has 0 radical (unpaired) electrons. The quantitative estimate of drug-likeness (QED) is 0.819. The van der Waals surface area contributed by atoms with E-state index in [1.165, 1.54) is 6.08 Å². The van der Waals surface area contributed by atoms with E-state index in [-0.39, 0.29) is 11.6 Å². The van der Waals surface area contributed by atoms with E-state index < -0.39 is 11.2 Å². The third-order valence-corrected chi connectivity index (χ3v) is 4.36. The monoisotopic (exact) mass is 359 g/mol. The first-order valence-electron chi connectivity index (χ1n) is 8.57. The zero-order valence-corrected chi connectivity index (χ0v) is 15.3. The van der Waals surface area contributed by atoms with Crippen LogP contribution in [0.2, 0.25) is 0 Å². The molecule has 3 N–H and O–H groups in total. The highest BCUT2D eigenvalue weighted by molar-refractivity contribution is 5.93. The first-order chi connectivity index (χ1) is 12.9. The lowest BCUT2D eigenvalue weighted by Gasteiger charge is -2.31. The Kier molecular flexibility index (Phi) is 4.85. The molecule has 5 heteroatoms. The van der Waals surface area contributed by atoms with Crippen LogP contribution in [0.3, 0.4) is 0 Å². The predicted octanol–water partition coefficient (Wildman–Crippen LogP) is 3.38. The van der Waals surface area contributed by atoms with Crippen LogP contribution in [0.5, 0.6) is 0 Å². The number of allylic oxidation sites excluding steroid dienone is 1. The lowest BCUT2D eigenvalue weighted by molar-refractivity contribution is 0.116. The minimum atomic E-state index is -1.29. The van der Waals surface area contributed by atoms with Crippen LogP contribution in [0.15, 0.2) is 89.2 Å². The first-order valence-corrected chi connectivity index (χ1v) is 8.57. The van der Waals surface area contributed by atoms with Crippen molar-refractivity contribution >= 4 is 5.90 Å². The fourth-order valence-electron chi connectivity index (χ4n) is 3.02. The molecule has 0 saturated carbocycles. The number of aliphatic hydroxyl groups is 1. The summed E-state index contributed by atoms with van der Waals surface area (Å²) in [6, 6.07) is 21.2. The lowest BCUT2D eigenvalue weighted by Crippen LogP contribution is -2.34. The Hall–Kier alpha value is -3.36. The van der Waals surface area contributed by atoms with Gasteiger partial charge in [-0.3, -0.25) is 0 Å². The second-order valence-electron chi connectivity index (χ2n) is 6.78. The Balaban J connectivity index is 2.14. The molecule has 0 atom stereocenters. The molecule has 1 heterocycles. The standard InChI is InChI=1S/C22H21N3O2/c1-21(2,26)19(13-14-23)25-20-15-18(24)22(27-20,16-9-5-3-6-10-16)17-11-7-4-8-12-17/h3-13,15,26H,24H2,1-2H3. The van der Waals surface area contributed by atoms with E-state index in [0.29, 0.717) is 5.70 Å². The molecule has 5 nitrogen and oxygen atoms in total. The Bertz CT molecular complexity index is 907. The van der Waals surface area contributed by atoms with Crippen LogP contribution in [0, 0.1) is 11.3 Å². The fraction of sp³-hybridized carbons (Fsp3) is 0.182. The van der Waals surface area contributed by atoms with Gasteiger partial charge in [0.15, 0.2) is 0 Å². The van der Waals surface area contributed by atoms with E-state index in [1.807, 2.05) is 66.7 Å². The van der Waals surface area contributed by atoms with E-state index in [4.69, 9.17) is 15.7 Å². The van der Waals surface area contributed by atoms with Crippen molar-refractivity contribution in [2.75, 3.05) is 0 Å². The summed E-state index contributed by atoms with van der Waals surface area (Å²) < 4.78 is 6.28. The lowest BCUT2D eigenvalue weighted by atomic mass is 9.84. The molecule has 3 rings (SSSR count). The van der Waals surface area contributed by atoms with E-state index in [1.54, 1.807) is 19.9 Å². The zero-order valence-electron chi connectivity index (χ0n) is 15.3. The van der Waals surface area contributed by atoms with Crippen LogP contribution in [0.4, 0.5) is 0 Å². The second kappa shape index (κ2) is 7.10. The fourth-order valence-corrected chi connectivity index (χ4v) is 3.02. The number of hydrogen-bond donors (Lipinski definition) is 2. The van der Waals surface area contributed by atoms with Crippen molar-refractivity contribution in [2.45, 2.75) is 25.0 Å². The van der Waals surface area contributed by atoms with Gasteiger partial charge in [-0.05, 0) is 13.8 Å². The van der Waals surface area contributed by atoms with Crippen molar-refractivity contribution in [2.24, 2.45) is 10.7 Å². The molecular weight excluding hydrogens is 338 g/mol. The van der Waals surface area contributed by atoms with Crippen LogP contribution in [0.1, 0.15) is 25.0 Å². The van der Waals surface area contributed by atoms with Gasteiger partial charge >= 0.3 is 0 Å². The molecule has 2 aromatic rings. The maximum atomic E-state index is 10.3. The summed E-state index contributed by atoms with van der Waals surface area (Å²) >= 11 is 0. The topological polar surface area (TPSA) is 91.6 Å². The Labute approximate surface area is 158 Å². The summed E-state index contributed by atoms with van der Waals surface area (Å²) in [5.41, 5.74) is 6.53. The molecular formula is C22H21N3O2. The SMILES string of the molecule is CC(C)(O)C(=CC#N)N=C1C=C(N)C(c2ccccc2)(c2ccccc2)O1. The van der Waals surface area contributed by atoms with Crippen LogP contribution in [-0.4, -0.2) is 16.6 Å². The molecule has 27 heavy (non-hydrogen) atoms. The normalized spacial score (nSPS) is 17.9. The van der Waals surface area contributed by atoms with Crippen LogP contribution in [-0.2, 0) is 10.3 Å². The molecule has 0 spiro atoms. The summed E-state index contributed by atoms with van der Waals surface area (Å²) in [7, 11) is 0. The molecule has 0 saturated heterocycles. The van der Waals surface area contributed by atoms with Crippen molar-refractivity contribution in [1.29, 1.82) is 5.26 Å². The van der Waals surface area contributed by atoms with Gasteiger partial charge in [-0.15, -0.1) is 0 Å². The Morgan fingerprint density at radius 1 is 1.11 bits per heavy atom. The van der Waals surface area contributed by atoms with Gasteiger partial charge in [0, 0.05) is 23.3 Å². The van der Waals surface area contributed by atoms with Crippen molar-refractivity contribution in [3.05, 3.63) is 95.3 Å². The van der Waals surface area contributed by atoms with E-state index in [2.05, 4.69) is 4.99 Å². The molecule has 2 aromatic carbocycles. The third-order valence-electron chi connectivity index (χ3n) is 4.36. The number of nitrogens with two attached hydrogens (primary N) is 1. The molecule has 0 unspecified atom stereocenters. The summed E-state index contributed by atoms with van der Waals surface area (Å²) in [6.07, 6.45) is 2.84. The maximum Gasteiger partial charge on any atom is 0.217 e. The number of hydrogen-bond acceptors (Lipinski definition) is 5. The van der Waals surface area contributed by atoms with Gasteiger partial charge < -0.3 is 15.6 Å².